The molecule has 3 saturated carbocycles. The number of amides is 2. The molecule has 1 saturated heterocycles. The van der Waals surface area contributed by atoms with Crippen molar-refractivity contribution in [2.75, 3.05) is 14.1 Å². The maximum absolute atomic E-state index is 13.4. The van der Waals surface area contributed by atoms with Crippen LogP contribution >= 0.6 is 0 Å². The molecule has 3 heterocycles. The van der Waals surface area contributed by atoms with Crippen LogP contribution in [0.3, 0.4) is 0 Å². The molecule has 1 aromatic heterocycles. The van der Waals surface area contributed by atoms with Gasteiger partial charge in [0.05, 0.1) is 12.0 Å². The van der Waals surface area contributed by atoms with E-state index in [2.05, 4.69) is 20.6 Å². The average molecular weight is 713 g/mol. The molecule has 284 valence electrons. The van der Waals surface area contributed by atoms with Gasteiger partial charge in [-0.25, -0.2) is 4.99 Å². The maximum atomic E-state index is 13.4. The number of carbonyl (C=O) groups excluding carboxylic acids is 2. The van der Waals surface area contributed by atoms with Gasteiger partial charge in [0, 0.05) is 38.6 Å². The maximum Gasteiger partial charge on any atom is 0.244 e. The molecule has 0 spiro atoms. The molecule has 52 heavy (non-hydrogen) atoms. The zero-order valence-electron chi connectivity index (χ0n) is 32.0. The minimum Gasteiger partial charge on any atom is -0.369 e. The summed E-state index contributed by atoms with van der Waals surface area (Å²) >= 11 is 0. The molecule has 1 unspecified atom stereocenters. The van der Waals surface area contributed by atoms with Crippen molar-refractivity contribution in [3.8, 4) is 11.1 Å². The lowest BCUT2D eigenvalue weighted by Gasteiger charge is -2.38. The second-order valence-corrected chi connectivity index (χ2v) is 16.8. The van der Waals surface area contributed by atoms with E-state index in [1.165, 1.54) is 101 Å². The highest BCUT2D eigenvalue weighted by atomic mass is 16.2. The Hall–Kier alpha value is -3.34. The highest BCUT2D eigenvalue weighted by molar-refractivity contribution is 5.98. The number of nitrogens with two attached hydrogens (primary N) is 2. The van der Waals surface area contributed by atoms with Crippen LogP contribution in [-0.4, -0.2) is 70.6 Å². The summed E-state index contributed by atoms with van der Waals surface area (Å²) < 4.78 is 0. The second-order valence-electron chi connectivity index (χ2n) is 16.8. The Morgan fingerprint density at radius 1 is 0.885 bits per heavy atom. The van der Waals surface area contributed by atoms with Crippen molar-refractivity contribution < 1.29 is 9.59 Å². The van der Waals surface area contributed by atoms with E-state index < -0.39 is 11.1 Å². The van der Waals surface area contributed by atoms with Crippen molar-refractivity contribution >= 4 is 17.8 Å². The van der Waals surface area contributed by atoms with E-state index in [4.69, 9.17) is 11.5 Å². The van der Waals surface area contributed by atoms with Gasteiger partial charge in [0.25, 0.3) is 0 Å². The third-order valence-corrected chi connectivity index (χ3v) is 12.8. The number of guanidine groups is 1. The van der Waals surface area contributed by atoms with E-state index in [1.54, 1.807) is 18.1 Å². The average Bonchev–Trinajstić information content (AvgIpc) is 3.37. The minimum absolute atomic E-state index is 0.0261. The van der Waals surface area contributed by atoms with Crippen LogP contribution in [-0.2, 0) is 15.1 Å². The predicted molar refractivity (Wildman–Crippen MR) is 209 cm³/mol. The normalized spacial score (nSPS) is 30.5. The largest absolute Gasteiger partial charge is 0.369 e. The summed E-state index contributed by atoms with van der Waals surface area (Å²) in [6, 6.07) is 13.3. The van der Waals surface area contributed by atoms with E-state index in [9.17, 15) is 9.59 Å². The predicted octanol–water partition coefficient (Wildman–Crippen LogP) is 6.40. The van der Waals surface area contributed by atoms with Crippen LogP contribution in [0.25, 0.3) is 11.1 Å². The van der Waals surface area contributed by atoms with Crippen LogP contribution in [0.1, 0.15) is 128 Å². The van der Waals surface area contributed by atoms with E-state index in [1.807, 2.05) is 56.6 Å². The van der Waals surface area contributed by atoms with E-state index in [-0.39, 0.29) is 24.1 Å². The highest BCUT2D eigenvalue weighted by Crippen LogP contribution is 2.39. The summed E-state index contributed by atoms with van der Waals surface area (Å²) in [5.41, 5.74) is 14.2. The molecule has 0 bridgehead atoms. The summed E-state index contributed by atoms with van der Waals surface area (Å²) in [4.78, 5) is 37.3. The first kappa shape index (κ1) is 38.4. The number of nitrogens with one attached hydrogen (secondary N) is 2. The molecular formula is C42H64N8O2. The van der Waals surface area contributed by atoms with Gasteiger partial charge in [0.15, 0.2) is 5.96 Å². The zero-order valence-corrected chi connectivity index (χ0v) is 32.0. The number of rotatable bonds is 9. The number of aliphatic imine (C=N–C) groups is 1. The Morgan fingerprint density at radius 2 is 1.58 bits per heavy atom. The molecule has 10 heteroatoms. The lowest BCUT2D eigenvalue weighted by molar-refractivity contribution is -0.133. The van der Waals surface area contributed by atoms with Gasteiger partial charge in [-0.3, -0.25) is 30.5 Å². The molecule has 2 aromatic rings. The molecule has 7 rings (SSSR count). The van der Waals surface area contributed by atoms with Crippen LogP contribution in [0.2, 0.25) is 0 Å². The van der Waals surface area contributed by atoms with E-state index in [0.717, 1.165) is 41.5 Å². The van der Waals surface area contributed by atoms with Gasteiger partial charge in [-0.15, -0.1) is 0 Å². The second kappa shape index (κ2) is 17.2. The molecule has 6 N–H and O–H groups in total. The quantitative estimate of drug-likeness (QED) is 0.236. The molecule has 5 atom stereocenters. The van der Waals surface area contributed by atoms with Crippen LogP contribution in [0.4, 0.5) is 0 Å². The van der Waals surface area contributed by atoms with Gasteiger partial charge in [-0.1, -0.05) is 88.5 Å². The van der Waals surface area contributed by atoms with Gasteiger partial charge in [-0.05, 0) is 92.5 Å². The van der Waals surface area contributed by atoms with Gasteiger partial charge < -0.3 is 16.0 Å². The number of likely N-dealkylation sites (N-methyl/N-ethyl adjacent to an activating group) is 1. The molecular weight excluding hydrogens is 649 g/mol. The SMILES string of the molecule is CN1C(=O)C[C@@](C)(c2cccc(-c3cccnc3)c2)N=C1N.CN1C(=O)[C@@](CCC2CCCCC2)(C[C@H]2CCC[C@@H](NC3CCCCC3)C2)NC1N. The molecule has 2 aliphatic heterocycles. The van der Waals surface area contributed by atoms with Crippen molar-refractivity contribution in [3.05, 3.63) is 54.4 Å². The van der Waals surface area contributed by atoms with Crippen molar-refractivity contribution in [1.82, 2.24) is 25.4 Å². The fourth-order valence-electron chi connectivity index (χ4n) is 9.62. The molecule has 4 fully saturated rings. The standard InChI is InChI=1S/C25H46N4O.C17H18N4O/c1-29-23(30)25(28-24(29)26,16-15-19-9-4-2-5-10-19)18-20-11-8-14-22(17-20)27-21-12-6-3-7-13-21;1-17(10-15(22)21(2)16(18)20-17)14-7-3-5-12(9-14)13-6-4-8-19-11-13/h19-22,24,27-28H,2-18,26H2,1H3;3-9,11H,10H2,1-2H3,(H2,18,20)/t20-,22+,24?,25+;17-/m00/s1. The number of hydrogen-bond acceptors (Lipinski definition) is 8. The van der Waals surface area contributed by atoms with Crippen molar-refractivity contribution in [2.24, 2.45) is 28.3 Å². The number of aromatic nitrogens is 1. The number of nitrogens with zero attached hydrogens (tertiary/aromatic N) is 4. The zero-order chi connectivity index (χ0) is 36.7. The summed E-state index contributed by atoms with van der Waals surface area (Å²) in [7, 11) is 3.52. The Kier molecular flexibility index (Phi) is 12.7. The first-order chi connectivity index (χ1) is 25.0. The third-order valence-electron chi connectivity index (χ3n) is 12.8. The monoisotopic (exact) mass is 713 g/mol. The number of pyridine rings is 1. The summed E-state index contributed by atoms with van der Waals surface area (Å²) in [6.45, 7) is 1.94. The van der Waals surface area contributed by atoms with Crippen molar-refractivity contribution in [3.63, 3.8) is 0 Å². The number of carbonyl (C=O) groups is 2. The van der Waals surface area contributed by atoms with E-state index >= 15 is 0 Å². The number of benzene rings is 1. The van der Waals surface area contributed by atoms with Gasteiger partial charge in [-0.2, -0.15) is 0 Å². The Morgan fingerprint density at radius 3 is 2.25 bits per heavy atom. The summed E-state index contributed by atoms with van der Waals surface area (Å²) in [5, 5.41) is 7.58. The van der Waals surface area contributed by atoms with Crippen LogP contribution in [0.5, 0.6) is 0 Å². The first-order valence-corrected chi connectivity index (χ1v) is 20.2. The van der Waals surface area contributed by atoms with Crippen molar-refractivity contribution in [1.29, 1.82) is 0 Å². The van der Waals surface area contributed by atoms with Gasteiger partial charge in [0.2, 0.25) is 11.8 Å². The van der Waals surface area contributed by atoms with Gasteiger partial charge >= 0.3 is 0 Å². The van der Waals surface area contributed by atoms with Crippen LogP contribution in [0.15, 0.2) is 53.8 Å². The fourth-order valence-corrected chi connectivity index (χ4v) is 9.62. The summed E-state index contributed by atoms with van der Waals surface area (Å²) in [6.07, 6.45) is 25.5. The van der Waals surface area contributed by atoms with Crippen LogP contribution in [0, 0.1) is 11.8 Å². The highest BCUT2D eigenvalue weighted by Gasteiger charge is 2.50. The smallest absolute Gasteiger partial charge is 0.244 e. The van der Waals surface area contributed by atoms with Gasteiger partial charge in [0.1, 0.15) is 11.8 Å². The van der Waals surface area contributed by atoms with Crippen LogP contribution < -0.4 is 22.1 Å². The molecule has 5 aliphatic rings. The Balaban J connectivity index is 0.000000187. The molecule has 0 radical (unpaired) electrons. The molecule has 3 aliphatic carbocycles. The molecule has 2 amide bonds. The first-order valence-electron chi connectivity index (χ1n) is 20.2. The molecule has 1 aromatic carbocycles. The number of hydrogen-bond donors (Lipinski definition) is 4. The fraction of sp³-hybridized carbons (Fsp3) is 0.667. The lowest BCUT2D eigenvalue weighted by atomic mass is 9.74. The molecule has 10 nitrogen and oxygen atoms in total. The Bertz CT molecular complexity index is 1520. The summed E-state index contributed by atoms with van der Waals surface area (Å²) in [5.74, 6) is 1.90. The minimum atomic E-state index is -0.633. The van der Waals surface area contributed by atoms with Crippen molar-refractivity contribution in [2.45, 2.75) is 152 Å². The van der Waals surface area contributed by atoms with E-state index in [0.29, 0.717) is 18.4 Å². The third kappa shape index (κ3) is 9.23. The Labute approximate surface area is 312 Å². The lowest BCUT2D eigenvalue weighted by Crippen LogP contribution is -2.52. The topological polar surface area (TPSA) is 142 Å².